The van der Waals surface area contributed by atoms with Crippen LogP contribution in [0, 0.1) is 0 Å². The monoisotopic (exact) mass is 424 g/mol. The minimum atomic E-state index is -1.64. The summed E-state index contributed by atoms with van der Waals surface area (Å²) in [5.74, 6) is -3.81. The molecule has 0 aromatic carbocycles. The van der Waals surface area contributed by atoms with Crippen LogP contribution < -0.4 is 5.73 Å². The Balaban J connectivity index is 5.65. The van der Waals surface area contributed by atoms with Crippen molar-refractivity contribution in [2.75, 3.05) is 38.9 Å². The number of carbonyl (C=O) groups excluding carboxylic acids is 3. The van der Waals surface area contributed by atoms with Crippen molar-refractivity contribution in [1.29, 1.82) is 0 Å². The third-order valence-corrected chi connectivity index (χ3v) is 3.35. The number of alkyl halides is 1. The summed E-state index contributed by atoms with van der Waals surface area (Å²) in [4.78, 5) is 39.5. The number of aliphatic hydroxyl groups excluding tert-OH is 1. The Bertz CT molecular complexity index is 595. The fourth-order valence-electron chi connectivity index (χ4n) is 1.59. The van der Waals surface area contributed by atoms with Crippen molar-refractivity contribution < 1.29 is 43.3 Å². The van der Waals surface area contributed by atoms with Crippen molar-refractivity contribution in [2.24, 2.45) is 10.9 Å². The second kappa shape index (κ2) is 13.7. The Morgan fingerprint density at radius 3 is 2.32 bits per heavy atom. The van der Waals surface area contributed by atoms with Gasteiger partial charge in [0.05, 0.1) is 38.4 Å². The molecule has 0 aromatic rings. The molecule has 0 aliphatic heterocycles. The molecule has 0 bridgehead atoms. The largest absolute Gasteiger partial charge is 0.463 e. The molecule has 0 saturated carbocycles. The van der Waals surface area contributed by atoms with Gasteiger partial charge in [0.2, 0.25) is 5.76 Å². The van der Waals surface area contributed by atoms with Crippen LogP contribution in [0.1, 0.15) is 20.8 Å². The predicted octanol–water partition coefficient (Wildman–Crippen LogP) is -0.165. The first-order valence-electron chi connectivity index (χ1n) is 8.26. The lowest BCUT2D eigenvalue weighted by Gasteiger charge is -2.29. The Labute approximate surface area is 167 Å². The van der Waals surface area contributed by atoms with Crippen LogP contribution in [0.2, 0.25) is 0 Å². The van der Waals surface area contributed by atoms with E-state index in [4.69, 9.17) is 46.2 Å². The molecule has 0 aliphatic rings. The first-order valence-corrected chi connectivity index (χ1v) is 8.80. The molecule has 1 atom stereocenters. The Kier molecular flexibility index (Phi) is 12.6. The Morgan fingerprint density at radius 1 is 1.18 bits per heavy atom. The normalized spacial score (nSPS) is 14.0. The van der Waals surface area contributed by atoms with Gasteiger partial charge < -0.3 is 34.6 Å². The van der Waals surface area contributed by atoms with Crippen LogP contribution in [0.25, 0.3) is 0 Å². The molecule has 3 N–H and O–H groups in total. The first-order chi connectivity index (χ1) is 13.3. The second-order valence-electron chi connectivity index (χ2n) is 5.03. The number of oxime groups is 1. The molecule has 0 rings (SSSR count). The molecule has 0 heterocycles. The highest BCUT2D eigenvalue weighted by Crippen LogP contribution is 2.17. The molecule has 0 fully saturated rings. The quantitative estimate of drug-likeness (QED) is 0.0594. The molecule has 0 amide bonds. The summed E-state index contributed by atoms with van der Waals surface area (Å²) < 4.78 is 19.7. The molecule has 28 heavy (non-hydrogen) atoms. The van der Waals surface area contributed by atoms with E-state index < -0.39 is 41.7 Å². The maximum Gasteiger partial charge on any atom is 0.377 e. The van der Waals surface area contributed by atoms with E-state index in [2.05, 4.69) is 5.16 Å². The van der Waals surface area contributed by atoms with Crippen LogP contribution >= 0.6 is 11.6 Å². The number of hydrogen-bond donors (Lipinski definition) is 2. The van der Waals surface area contributed by atoms with Crippen molar-refractivity contribution in [1.82, 2.24) is 0 Å². The van der Waals surface area contributed by atoms with Crippen LogP contribution in [0.5, 0.6) is 0 Å². The standard InChI is InChI=1S/C16H25ClN2O9/c1-4-24-13(22)8-12(14(23)25-5-2)28-19-15(18)16(9-17,27-7-6-20)10-26-11(3)21/h8,20H,4-7,9-10H2,1-3H3,(H2,18,19)/b12-8+. The van der Waals surface area contributed by atoms with Crippen LogP contribution in [0.3, 0.4) is 0 Å². The van der Waals surface area contributed by atoms with Gasteiger partial charge >= 0.3 is 17.9 Å². The molecule has 0 saturated heterocycles. The van der Waals surface area contributed by atoms with Crippen molar-refractivity contribution >= 4 is 35.3 Å². The van der Waals surface area contributed by atoms with Crippen molar-refractivity contribution in [3.63, 3.8) is 0 Å². The summed E-state index contributed by atoms with van der Waals surface area (Å²) in [5, 5.41) is 12.5. The molecule has 0 aliphatic carbocycles. The van der Waals surface area contributed by atoms with Gasteiger partial charge in [0.1, 0.15) is 6.61 Å². The lowest BCUT2D eigenvalue weighted by Crippen LogP contribution is -2.53. The zero-order valence-electron chi connectivity index (χ0n) is 15.9. The van der Waals surface area contributed by atoms with Crippen molar-refractivity contribution in [3.05, 3.63) is 11.8 Å². The van der Waals surface area contributed by atoms with E-state index in [1.165, 1.54) is 0 Å². The minimum Gasteiger partial charge on any atom is -0.463 e. The van der Waals surface area contributed by atoms with Gasteiger partial charge in [-0.1, -0.05) is 5.16 Å². The minimum absolute atomic E-state index is 0.0131. The van der Waals surface area contributed by atoms with Gasteiger partial charge in [0.15, 0.2) is 11.4 Å². The SMILES string of the molecule is CCOC(=O)/C=C(/ON=C(N)C(CCl)(COC(C)=O)OCCO)C(=O)OCC. The third kappa shape index (κ3) is 9.02. The number of aliphatic hydroxyl groups is 1. The number of nitrogens with zero attached hydrogens (tertiary/aromatic N) is 1. The van der Waals surface area contributed by atoms with Crippen molar-refractivity contribution in [2.45, 2.75) is 26.4 Å². The Morgan fingerprint density at radius 2 is 1.82 bits per heavy atom. The van der Waals surface area contributed by atoms with Crippen molar-refractivity contribution in [3.8, 4) is 0 Å². The fourth-order valence-corrected chi connectivity index (χ4v) is 1.88. The third-order valence-electron chi connectivity index (χ3n) is 2.92. The van der Waals surface area contributed by atoms with Gasteiger partial charge in [0, 0.05) is 6.92 Å². The summed E-state index contributed by atoms with van der Waals surface area (Å²) in [7, 11) is 0. The second-order valence-corrected chi connectivity index (χ2v) is 5.30. The zero-order valence-corrected chi connectivity index (χ0v) is 16.7. The average molecular weight is 425 g/mol. The maximum atomic E-state index is 11.9. The van der Waals surface area contributed by atoms with E-state index in [1.807, 2.05) is 0 Å². The fraction of sp³-hybridized carbons (Fsp3) is 0.625. The van der Waals surface area contributed by atoms with Crippen LogP contribution in [-0.4, -0.2) is 73.4 Å². The van der Waals surface area contributed by atoms with Gasteiger partial charge in [0.25, 0.3) is 0 Å². The number of carbonyl (C=O) groups is 3. The number of rotatable bonds is 13. The summed E-state index contributed by atoms with van der Waals surface area (Å²) in [6.45, 7) is 3.38. The highest BCUT2D eigenvalue weighted by molar-refractivity contribution is 6.20. The smallest absolute Gasteiger partial charge is 0.377 e. The van der Waals surface area contributed by atoms with Gasteiger partial charge in [-0.15, -0.1) is 11.6 Å². The van der Waals surface area contributed by atoms with Gasteiger partial charge in [-0.25, -0.2) is 9.59 Å². The average Bonchev–Trinajstić information content (AvgIpc) is 2.65. The molecular weight excluding hydrogens is 400 g/mol. The molecule has 12 heteroatoms. The summed E-state index contributed by atoms with van der Waals surface area (Å²) >= 11 is 5.90. The molecule has 11 nitrogen and oxygen atoms in total. The van der Waals surface area contributed by atoms with E-state index in [9.17, 15) is 14.4 Å². The summed E-state index contributed by atoms with van der Waals surface area (Å²) in [5.41, 5.74) is 4.21. The number of amidine groups is 1. The van der Waals surface area contributed by atoms with Crippen LogP contribution in [0.15, 0.2) is 17.0 Å². The highest BCUT2D eigenvalue weighted by atomic mass is 35.5. The molecule has 160 valence electrons. The van der Waals surface area contributed by atoms with E-state index in [0.29, 0.717) is 0 Å². The number of nitrogens with two attached hydrogens (primary N) is 1. The number of hydrogen-bond acceptors (Lipinski definition) is 10. The molecule has 0 spiro atoms. The van der Waals surface area contributed by atoms with E-state index in [0.717, 1.165) is 13.0 Å². The van der Waals surface area contributed by atoms with E-state index >= 15 is 0 Å². The number of esters is 3. The lowest BCUT2D eigenvalue weighted by atomic mass is 10.1. The van der Waals surface area contributed by atoms with Gasteiger partial charge in [-0.3, -0.25) is 4.79 Å². The maximum absolute atomic E-state index is 11.9. The molecular formula is C16H25ClN2O9. The van der Waals surface area contributed by atoms with Gasteiger partial charge in [-0.2, -0.15) is 0 Å². The predicted molar refractivity (Wildman–Crippen MR) is 97.2 cm³/mol. The first kappa shape index (κ1) is 25.6. The van der Waals surface area contributed by atoms with Crippen LogP contribution in [-0.2, 0) is 38.2 Å². The zero-order chi connectivity index (χ0) is 21.6. The summed E-state index contributed by atoms with van der Waals surface area (Å²) in [6, 6.07) is 0. The molecule has 0 aromatic heterocycles. The van der Waals surface area contributed by atoms with E-state index in [-0.39, 0.29) is 32.3 Å². The Hall–Kier alpha value is -2.37. The molecule has 1 unspecified atom stereocenters. The van der Waals surface area contributed by atoms with Crippen LogP contribution in [0.4, 0.5) is 0 Å². The molecule has 0 radical (unpaired) electrons. The highest BCUT2D eigenvalue weighted by Gasteiger charge is 2.38. The number of ether oxygens (including phenoxy) is 4. The summed E-state index contributed by atoms with van der Waals surface area (Å²) in [6.07, 6.45) is 0.737. The topological polar surface area (TPSA) is 156 Å². The lowest BCUT2D eigenvalue weighted by molar-refractivity contribution is -0.147. The van der Waals surface area contributed by atoms with E-state index in [1.54, 1.807) is 13.8 Å². The van der Waals surface area contributed by atoms with Gasteiger partial charge in [-0.05, 0) is 13.8 Å². The number of halogens is 1.